The fraction of sp³-hybridized carbons (Fsp3) is 0.478. The lowest BCUT2D eigenvalue weighted by Crippen LogP contribution is -2.47. The average molecular weight is 446 g/mol. The molecule has 1 saturated heterocycles. The third-order valence-electron chi connectivity index (χ3n) is 6.95. The Morgan fingerprint density at radius 2 is 1.63 bits per heavy atom. The maximum atomic E-state index is 14.6. The summed E-state index contributed by atoms with van der Waals surface area (Å²) < 4.78 is 67.8. The van der Waals surface area contributed by atoms with Crippen LogP contribution in [0.2, 0.25) is 0 Å². The summed E-state index contributed by atoms with van der Waals surface area (Å²) in [7, 11) is 0. The van der Waals surface area contributed by atoms with Crippen LogP contribution in [-0.2, 0) is 22.9 Å². The molecule has 164 valence electrons. The molecule has 0 saturated carbocycles. The van der Waals surface area contributed by atoms with E-state index in [9.17, 15) is 22.0 Å². The minimum absolute atomic E-state index is 0. The second-order valence-electron chi connectivity index (χ2n) is 9.08. The molecule has 0 aromatic heterocycles. The van der Waals surface area contributed by atoms with Crippen molar-refractivity contribution in [2.75, 3.05) is 6.54 Å². The van der Waals surface area contributed by atoms with Gasteiger partial charge in [0.2, 0.25) is 5.67 Å². The van der Waals surface area contributed by atoms with Crippen molar-refractivity contribution < 1.29 is 22.0 Å². The number of nitrogens with one attached hydrogen (secondary N) is 1. The monoisotopic (exact) mass is 445 g/mol. The molecular weight excluding hydrogens is 421 g/mol. The second-order valence-corrected chi connectivity index (χ2v) is 9.08. The van der Waals surface area contributed by atoms with Crippen LogP contribution < -0.4 is 5.32 Å². The van der Waals surface area contributed by atoms with Crippen LogP contribution in [0.5, 0.6) is 0 Å². The highest BCUT2D eigenvalue weighted by Crippen LogP contribution is 2.56. The summed E-state index contributed by atoms with van der Waals surface area (Å²) in [5.41, 5.74) is -1.88. The van der Waals surface area contributed by atoms with Gasteiger partial charge in [-0.3, -0.25) is 0 Å². The number of benzene rings is 2. The number of hydrogen-bond acceptors (Lipinski definition) is 1. The van der Waals surface area contributed by atoms with E-state index in [1.807, 2.05) is 13.8 Å². The summed E-state index contributed by atoms with van der Waals surface area (Å²) in [5.74, 6) is -0.307. The van der Waals surface area contributed by atoms with E-state index in [0.717, 1.165) is 29.7 Å². The summed E-state index contributed by atoms with van der Waals surface area (Å²) in [6.45, 7) is 5.35. The van der Waals surface area contributed by atoms with Gasteiger partial charge in [0.1, 0.15) is 5.82 Å². The molecule has 7 heteroatoms. The highest BCUT2D eigenvalue weighted by Gasteiger charge is 2.59. The maximum absolute atomic E-state index is 14.6. The van der Waals surface area contributed by atoms with Gasteiger partial charge in [0, 0.05) is 16.9 Å². The fourth-order valence-corrected chi connectivity index (χ4v) is 5.39. The van der Waals surface area contributed by atoms with Gasteiger partial charge in [-0.2, -0.15) is 13.2 Å². The van der Waals surface area contributed by atoms with Crippen molar-refractivity contribution >= 4 is 12.4 Å². The lowest BCUT2D eigenvalue weighted by atomic mass is 9.70. The van der Waals surface area contributed by atoms with Crippen molar-refractivity contribution in [2.24, 2.45) is 0 Å². The van der Waals surface area contributed by atoms with Gasteiger partial charge in [0.25, 0.3) is 0 Å². The summed E-state index contributed by atoms with van der Waals surface area (Å²) in [6.07, 6.45) is -3.52. The molecule has 1 aliphatic heterocycles. The minimum atomic E-state index is -4.98. The Morgan fingerprint density at radius 3 is 2.23 bits per heavy atom. The molecule has 2 aliphatic rings. The van der Waals surface area contributed by atoms with Crippen molar-refractivity contribution in [3.63, 3.8) is 0 Å². The van der Waals surface area contributed by atoms with Crippen molar-refractivity contribution in [3.05, 3.63) is 70.5 Å². The second kappa shape index (κ2) is 7.20. The molecular formula is C23H25ClF5N. The standard InChI is InChI=1S/C23H24F5N.ClH/c1-20(2)18-12-15(21(3,25)23(26,27)28)6-9-17(18)22(10-11-29-19(20)22)13-14-4-7-16(24)8-5-14;/h4-9,12,19,29H,10-11,13H2,1-3H3;1H. The number of fused-ring (bicyclic) bond motifs is 3. The Bertz CT molecular complexity index is 936. The Kier molecular flexibility index (Phi) is 5.52. The fourth-order valence-electron chi connectivity index (χ4n) is 5.39. The van der Waals surface area contributed by atoms with Gasteiger partial charge < -0.3 is 5.32 Å². The smallest absolute Gasteiger partial charge is 0.312 e. The SMILES string of the molecule is CC1(C)c2cc(C(C)(F)C(F)(F)F)ccc2C2(Cc3ccc(F)cc3)CCNC12.Cl. The molecule has 1 N–H and O–H groups in total. The van der Waals surface area contributed by atoms with E-state index in [2.05, 4.69) is 5.32 Å². The topological polar surface area (TPSA) is 12.0 Å². The lowest BCUT2D eigenvalue weighted by Gasteiger charge is -2.35. The molecule has 0 radical (unpaired) electrons. The molecule has 30 heavy (non-hydrogen) atoms. The van der Waals surface area contributed by atoms with Crippen LogP contribution in [0.15, 0.2) is 42.5 Å². The summed E-state index contributed by atoms with van der Waals surface area (Å²) >= 11 is 0. The molecule has 1 heterocycles. The van der Waals surface area contributed by atoms with Crippen LogP contribution in [0.25, 0.3) is 0 Å². The summed E-state index contributed by atoms with van der Waals surface area (Å²) in [4.78, 5) is 0. The molecule has 2 aromatic carbocycles. The molecule has 1 aliphatic carbocycles. The van der Waals surface area contributed by atoms with Crippen LogP contribution in [0.1, 0.15) is 49.4 Å². The van der Waals surface area contributed by atoms with Gasteiger partial charge in [0.15, 0.2) is 0 Å². The quantitative estimate of drug-likeness (QED) is 0.560. The predicted octanol–water partition coefficient (Wildman–Crippen LogP) is 6.13. The van der Waals surface area contributed by atoms with Crippen molar-refractivity contribution in [2.45, 2.75) is 62.3 Å². The van der Waals surface area contributed by atoms with Crippen molar-refractivity contribution in [1.82, 2.24) is 5.32 Å². The Labute approximate surface area is 179 Å². The zero-order valence-electron chi connectivity index (χ0n) is 17.0. The number of halogens is 6. The van der Waals surface area contributed by atoms with Crippen LogP contribution in [0.4, 0.5) is 22.0 Å². The number of alkyl halides is 4. The van der Waals surface area contributed by atoms with Crippen LogP contribution in [0.3, 0.4) is 0 Å². The van der Waals surface area contributed by atoms with Crippen molar-refractivity contribution in [1.29, 1.82) is 0 Å². The first-order chi connectivity index (χ1) is 13.4. The first-order valence-corrected chi connectivity index (χ1v) is 9.78. The van der Waals surface area contributed by atoms with E-state index < -0.39 is 17.3 Å². The van der Waals surface area contributed by atoms with Crippen LogP contribution in [-0.4, -0.2) is 18.8 Å². The molecule has 2 aromatic rings. The first-order valence-electron chi connectivity index (χ1n) is 9.78. The normalized spacial score (nSPS) is 26.5. The zero-order chi connectivity index (χ0) is 21.2. The van der Waals surface area contributed by atoms with Gasteiger partial charge in [-0.1, -0.05) is 44.2 Å². The number of rotatable bonds is 3. The molecule has 1 fully saturated rings. The van der Waals surface area contributed by atoms with Crippen LogP contribution in [0, 0.1) is 5.82 Å². The van der Waals surface area contributed by atoms with Gasteiger partial charge in [0.05, 0.1) is 0 Å². The Morgan fingerprint density at radius 1 is 1.00 bits per heavy atom. The van der Waals surface area contributed by atoms with E-state index in [1.165, 1.54) is 24.3 Å². The van der Waals surface area contributed by atoms with Crippen LogP contribution >= 0.6 is 12.4 Å². The highest BCUT2D eigenvalue weighted by atomic mass is 35.5. The molecule has 0 bridgehead atoms. The molecule has 4 rings (SSSR count). The van der Waals surface area contributed by atoms with E-state index >= 15 is 0 Å². The molecule has 3 unspecified atom stereocenters. The molecule has 3 atom stereocenters. The molecule has 0 spiro atoms. The van der Waals surface area contributed by atoms with Gasteiger partial charge in [-0.25, -0.2) is 8.78 Å². The van der Waals surface area contributed by atoms with Gasteiger partial charge >= 0.3 is 6.18 Å². The molecule has 1 nitrogen and oxygen atoms in total. The van der Waals surface area contributed by atoms with E-state index in [1.54, 1.807) is 18.2 Å². The van der Waals surface area contributed by atoms with E-state index in [4.69, 9.17) is 0 Å². The highest BCUT2D eigenvalue weighted by molar-refractivity contribution is 5.85. The lowest BCUT2D eigenvalue weighted by molar-refractivity contribution is -0.228. The third-order valence-corrected chi connectivity index (χ3v) is 6.95. The Balaban J connectivity index is 0.00000256. The van der Waals surface area contributed by atoms with E-state index in [-0.39, 0.29) is 35.2 Å². The van der Waals surface area contributed by atoms with Gasteiger partial charge in [-0.15, -0.1) is 12.4 Å². The predicted molar refractivity (Wildman–Crippen MR) is 109 cm³/mol. The van der Waals surface area contributed by atoms with Gasteiger partial charge in [-0.05, 0) is 60.7 Å². The largest absolute Gasteiger partial charge is 0.426 e. The van der Waals surface area contributed by atoms with Crippen molar-refractivity contribution in [3.8, 4) is 0 Å². The summed E-state index contributed by atoms with van der Waals surface area (Å²) in [5, 5.41) is 3.53. The Hall–Kier alpha value is -1.66. The van der Waals surface area contributed by atoms with E-state index in [0.29, 0.717) is 13.3 Å². The molecule has 0 amide bonds. The maximum Gasteiger partial charge on any atom is 0.426 e. The first kappa shape index (κ1) is 23.0. The summed E-state index contributed by atoms with van der Waals surface area (Å²) in [6, 6.07) is 10.7. The average Bonchev–Trinajstić information content (AvgIpc) is 3.13. The number of hydrogen-bond donors (Lipinski definition) is 1. The third kappa shape index (κ3) is 3.23. The zero-order valence-corrected chi connectivity index (χ0v) is 17.9. The minimum Gasteiger partial charge on any atom is -0.312 e.